The Morgan fingerprint density at radius 1 is 1.18 bits per heavy atom. The van der Waals surface area contributed by atoms with Crippen LogP contribution in [-0.4, -0.2) is 37.1 Å². The second kappa shape index (κ2) is 7.13. The molecule has 0 radical (unpaired) electrons. The number of nitrogens with one attached hydrogen (secondary N) is 1. The van der Waals surface area contributed by atoms with Crippen LogP contribution in [0.2, 0.25) is 0 Å². The van der Waals surface area contributed by atoms with Crippen LogP contribution in [0.5, 0.6) is 5.75 Å². The first-order valence-electron chi connectivity index (χ1n) is 10.0. The highest BCUT2D eigenvalue weighted by molar-refractivity contribution is 5.86. The number of likely N-dealkylation sites (tertiary alicyclic amines) is 1. The molecule has 28 heavy (non-hydrogen) atoms. The van der Waals surface area contributed by atoms with Crippen molar-refractivity contribution < 1.29 is 4.74 Å². The minimum absolute atomic E-state index is 0. The molecule has 0 amide bonds. The van der Waals surface area contributed by atoms with Crippen LogP contribution in [0.4, 0.5) is 0 Å². The maximum absolute atomic E-state index is 5.56. The molecule has 0 bridgehead atoms. The molecule has 1 aromatic heterocycles. The first-order valence-corrected chi connectivity index (χ1v) is 10.0. The van der Waals surface area contributed by atoms with E-state index in [0.29, 0.717) is 5.92 Å². The molecule has 5 rings (SSSR count). The molecule has 1 aliphatic heterocycles. The van der Waals surface area contributed by atoms with Gasteiger partial charge in [-0.3, -0.25) is 0 Å². The highest BCUT2D eigenvalue weighted by Gasteiger charge is 2.47. The number of halogens is 1. The Balaban J connectivity index is 0.00000192. The van der Waals surface area contributed by atoms with Crippen molar-refractivity contribution in [1.82, 2.24) is 9.88 Å². The number of hydrogen-bond acceptors (Lipinski definition) is 2. The summed E-state index contributed by atoms with van der Waals surface area (Å²) in [5, 5.41) is 1.43. The lowest BCUT2D eigenvalue weighted by atomic mass is 9.59. The lowest BCUT2D eigenvalue weighted by Crippen LogP contribution is -2.52. The van der Waals surface area contributed by atoms with Crippen LogP contribution in [0.25, 0.3) is 10.9 Å². The molecular weight excluding hydrogens is 368 g/mol. The monoisotopic (exact) mass is 396 g/mol. The van der Waals surface area contributed by atoms with Gasteiger partial charge < -0.3 is 14.6 Å². The van der Waals surface area contributed by atoms with Gasteiger partial charge in [-0.05, 0) is 81.1 Å². The summed E-state index contributed by atoms with van der Waals surface area (Å²) in [6.07, 6.45) is 3.46. The molecule has 3 nitrogen and oxygen atoms in total. The first kappa shape index (κ1) is 19.4. The van der Waals surface area contributed by atoms with E-state index in [2.05, 4.69) is 66.3 Å². The molecule has 2 heterocycles. The zero-order valence-electron chi connectivity index (χ0n) is 16.9. The quantitative estimate of drug-likeness (QED) is 0.667. The fourth-order valence-electron chi connectivity index (χ4n) is 5.51. The zero-order valence-corrected chi connectivity index (χ0v) is 17.7. The minimum atomic E-state index is 0. The van der Waals surface area contributed by atoms with Gasteiger partial charge in [-0.15, -0.1) is 12.4 Å². The molecule has 2 aliphatic rings. The van der Waals surface area contributed by atoms with Crippen LogP contribution in [0, 0.1) is 12.8 Å². The van der Waals surface area contributed by atoms with E-state index in [1.54, 1.807) is 12.7 Å². The van der Waals surface area contributed by atoms with Crippen LogP contribution in [0.3, 0.4) is 0 Å². The topological polar surface area (TPSA) is 28.3 Å². The summed E-state index contributed by atoms with van der Waals surface area (Å²) in [4.78, 5) is 6.27. The van der Waals surface area contributed by atoms with Crippen molar-refractivity contribution >= 4 is 23.3 Å². The molecule has 2 atom stereocenters. The van der Waals surface area contributed by atoms with Crippen molar-refractivity contribution in [3.8, 4) is 5.75 Å². The van der Waals surface area contributed by atoms with Gasteiger partial charge in [0.25, 0.3) is 0 Å². The zero-order chi connectivity index (χ0) is 18.6. The molecule has 2 unspecified atom stereocenters. The molecule has 1 fully saturated rings. The Morgan fingerprint density at radius 3 is 2.86 bits per heavy atom. The number of aryl methyl sites for hydroxylation is 1. The number of rotatable bonds is 2. The van der Waals surface area contributed by atoms with Gasteiger partial charge in [0.05, 0.1) is 7.11 Å². The Morgan fingerprint density at radius 2 is 2.04 bits per heavy atom. The van der Waals surface area contributed by atoms with Gasteiger partial charge in [0.15, 0.2) is 0 Å². The van der Waals surface area contributed by atoms with Gasteiger partial charge in [0, 0.05) is 28.6 Å². The van der Waals surface area contributed by atoms with E-state index in [9.17, 15) is 0 Å². The predicted octanol–water partition coefficient (Wildman–Crippen LogP) is 4.90. The Labute approximate surface area is 173 Å². The van der Waals surface area contributed by atoms with Crippen LogP contribution in [0.1, 0.15) is 28.8 Å². The van der Waals surface area contributed by atoms with Crippen molar-refractivity contribution in [2.24, 2.45) is 5.92 Å². The van der Waals surface area contributed by atoms with E-state index in [0.717, 1.165) is 31.7 Å². The third kappa shape index (κ3) is 2.92. The molecule has 148 valence electrons. The van der Waals surface area contributed by atoms with Crippen molar-refractivity contribution in [2.45, 2.75) is 31.6 Å². The molecule has 1 saturated heterocycles. The second-order valence-electron chi connectivity index (χ2n) is 8.61. The normalized spacial score (nSPS) is 24.3. The molecule has 4 heteroatoms. The van der Waals surface area contributed by atoms with Gasteiger partial charge in [0.2, 0.25) is 0 Å². The van der Waals surface area contributed by atoms with Gasteiger partial charge in [-0.1, -0.05) is 23.8 Å². The third-order valence-electron chi connectivity index (χ3n) is 6.99. The van der Waals surface area contributed by atoms with Crippen molar-refractivity contribution in [2.75, 3.05) is 27.2 Å². The standard InChI is InChI=1S/C24H28N2O.ClH/c1-16-7-8-22-20(11-16)21-13-18-15-26(2)10-9-24(18,14-23(21)25-22)17-5-4-6-19(12-17)27-3;/h4-8,11-12,18,25H,9-10,13-15H2,1-3H3;1H. The summed E-state index contributed by atoms with van der Waals surface area (Å²) in [6.45, 7) is 4.51. The maximum Gasteiger partial charge on any atom is 0.119 e. The smallest absolute Gasteiger partial charge is 0.119 e. The van der Waals surface area contributed by atoms with Crippen molar-refractivity contribution in [1.29, 1.82) is 0 Å². The SMILES string of the molecule is COc1cccc(C23CCN(C)CC2Cc2c([nH]c4ccc(C)cc24)C3)c1.Cl. The minimum Gasteiger partial charge on any atom is -0.497 e. The van der Waals surface area contributed by atoms with Crippen LogP contribution in [-0.2, 0) is 18.3 Å². The maximum atomic E-state index is 5.56. The molecule has 1 N–H and O–H groups in total. The number of piperidine rings is 1. The van der Waals surface area contributed by atoms with Crippen LogP contribution >= 0.6 is 12.4 Å². The predicted molar refractivity (Wildman–Crippen MR) is 118 cm³/mol. The Kier molecular flexibility index (Phi) is 4.93. The van der Waals surface area contributed by atoms with Gasteiger partial charge in [-0.2, -0.15) is 0 Å². The summed E-state index contributed by atoms with van der Waals surface area (Å²) in [6, 6.07) is 15.6. The summed E-state index contributed by atoms with van der Waals surface area (Å²) in [5.74, 6) is 1.60. The lowest BCUT2D eigenvalue weighted by molar-refractivity contribution is 0.0994. The summed E-state index contributed by atoms with van der Waals surface area (Å²) in [5.41, 5.74) is 7.27. The van der Waals surface area contributed by atoms with E-state index in [4.69, 9.17) is 4.74 Å². The van der Waals surface area contributed by atoms with E-state index in [1.165, 1.54) is 34.1 Å². The number of benzene rings is 2. The highest BCUT2D eigenvalue weighted by atomic mass is 35.5. The van der Waals surface area contributed by atoms with Crippen LogP contribution < -0.4 is 4.74 Å². The average Bonchev–Trinajstić information content (AvgIpc) is 3.02. The van der Waals surface area contributed by atoms with E-state index < -0.39 is 0 Å². The number of aromatic amines is 1. The number of H-pyrrole nitrogens is 1. The van der Waals surface area contributed by atoms with E-state index in [-0.39, 0.29) is 17.8 Å². The highest BCUT2D eigenvalue weighted by Crippen LogP contribution is 2.49. The summed E-state index contributed by atoms with van der Waals surface area (Å²) >= 11 is 0. The summed E-state index contributed by atoms with van der Waals surface area (Å²) < 4.78 is 5.56. The van der Waals surface area contributed by atoms with E-state index in [1.807, 2.05) is 0 Å². The van der Waals surface area contributed by atoms with Gasteiger partial charge in [-0.25, -0.2) is 0 Å². The van der Waals surface area contributed by atoms with Gasteiger partial charge in [0.1, 0.15) is 5.75 Å². The fraction of sp³-hybridized carbons (Fsp3) is 0.417. The van der Waals surface area contributed by atoms with Crippen molar-refractivity contribution in [3.05, 3.63) is 64.8 Å². The number of ether oxygens (including phenoxy) is 1. The molecular formula is C24H29ClN2O. The first-order chi connectivity index (χ1) is 13.1. The van der Waals surface area contributed by atoms with Gasteiger partial charge >= 0.3 is 0 Å². The second-order valence-corrected chi connectivity index (χ2v) is 8.61. The Hall–Kier alpha value is -1.97. The third-order valence-corrected chi connectivity index (χ3v) is 6.99. The number of aromatic nitrogens is 1. The largest absolute Gasteiger partial charge is 0.497 e. The molecule has 2 aromatic carbocycles. The summed E-state index contributed by atoms with van der Waals surface area (Å²) in [7, 11) is 4.03. The van der Waals surface area contributed by atoms with E-state index >= 15 is 0 Å². The fourth-order valence-corrected chi connectivity index (χ4v) is 5.51. The lowest BCUT2D eigenvalue weighted by Gasteiger charge is -2.50. The molecule has 0 saturated carbocycles. The van der Waals surface area contributed by atoms with Crippen molar-refractivity contribution in [3.63, 3.8) is 0 Å². The molecule has 1 aliphatic carbocycles. The number of methoxy groups -OCH3 is 1. The number of nitrogens with zero attached hydrogens (tertiary/aromatic N) is 1. The molecule has 3 aromatic rings. The Bertz CT molecular complexity index is 1010. The average molecular weight is 397 g/mol. The number of hydrogen-bond donors (Lipinski definition) is 1. The number of fused-ring (bicyclic) bond motifs is 4. The molecule has 0 spiro atoms. The van der Waals surface area contributed by atoms with Crippen LogP contribution in [0.15, 0.2) is 42.5 Å².